The van der Waals surface area contributed by atoms with Crippen LogP contribution in [-0.4, -0.2) is 47.0 Å². The molecule has 0 bridgehead atoms. The first-order valence-electron chi connectivity index (χ1n) is 8.72. The molecule has 0 amide bonds. The van der Waals surface area contributed by atoms with Crippen LogP contribution >= 0.6 is 0 Å². The number of nitrogens with zero attached hydrogens (tertiary/aromatic N) is 4. The van der Waals surface area contributed by atoms with E-state index in [-0.39, 0.29) is 10.6 Å². The smallest absolute Gasteiger partial charge is 0.274 e. The van der Waals surface area contributed by atoms with Gasteiger partial charge in [0.25, 0.3) is 5.69 Å². The van der Waals surface area contributed by atoms with E-state index in [4.69, 9.17) is 0 Å². The van der Waals surface area contributed by atoms with E-state index in [9.17, 15) is 10.1 Å². The van der Waals surface area contributed by atoms with Gasteiger partial charge in [-0.2, -0.15) is 4.98 Å². The zero-order valence-electron chi connectivity index (χ0n) is 15.3. The fourth-order valence-corrected chi connectivity index (χ4v) is 2.68. The summed E-state index contributed by atoms with van der Waals surface area (Å²) < 4.78 is 0. The lowest BCUT2D eigenvalue weighted by Gasteiger charge is -2.14. The van der Waals surface area contributed by atoms with Gasteiger partial charge in [-0.1, -0.05) is 6.07 Å². The van der Waals surface area contributed by atoms with Gasteiger partial charge < -0.3 is 15.5 Å². The van der Waals surface area contributed by atoms with Crippen LogP contribution in [0.3, 0.4) is 0 Å². The van der Waals surface area contributed by atoms with E-state index in [1.54, 1.807) is 13.0 Å². The zero-order valence-corrected chi connectivity index (χ0v) is 15.3. The monoisotopic (exact) mass is 356 g/mol. The number of hydrogen-bond donors (Lipinski definition) is 2. The Hall–Kier alpha value is -2.74. The molecule has 8 nitrogen and oxygen atoms in total. The van der Waals surface area contributed by atoms with Gasteiger partial charge in [0.15, 0.2) is 0 Å². The minimum absolute atomic E-state index is 0.0933. The Balaban J connectivity index is 1.84. The van der Waals surface area contributed by atoms with Crippen LogP contribution in [0.15, 0.2) is 24.3 Å². The first-order valence-corrected chi connectivity index (χ1v) is 8.72. The second kappa shape index (κ2) is 7.65. The van der Waals surface area contributed by atoms with Gasteiger partial charge in [-0.05, 0) is 39.9 Å². The molecule has 1 fully saturated rings. The number of likely N-dealkylation sites (N-methyl/N-ethyl adjacent to an activating group) is 1. The van der Waals surface area contributed by atoms with Gasteiger partial charge in [0.05, 0.1) is 16.2 Å². The van der Waals surface area contributed by atoms with E-state index >= 15 is 0 Å². The van der Waals surface area contributed by atoms with E-state index in [0.717, 1.165) is 31.6 Å². The highest BCUT2D eigenvalue weighted by Gasteiger charge is 2.26. The fourth-order valence-electron chi connectivity index (χ4n) is 2.68. The highest BCUT2D eigenvalue weighted by molar-refractivity contribution is 5.66. The van der Waals surface area contributed by atoms with Gasteiger partial charge in [-0.25, -0.2) is 4.98 Å². The normalized spacial score (nSPS) is 13.7. The third kappa shape index (κ3) is 4.45. The maximum absolute atomic E-state index is 11.1. The largest absolute Gasteiger partial charge is 0.353 e. The van der Waals surface area contributed by atoms with Crippen molar-refractivity contribution < 1.29 is 4.92 Å². The number of benzene rings is 1. The first kappa shape index (κ1) is 18.1. The lowest BCUT2D eigenvalue weighted by atomic mass is 10.1. The molecule has 1 aromatic heterocycles. The highest BCUT2D eigenvalue weighted by atomic mass is 16.6. The Bertz CT molecular complexity index is 804. The zero-order chi connectivity index (χ0) is 18.7. The number of nitrogens with one attached hydrogen (secondary N) is 2. The maximum atomic E-state index is 11.1. The number of rotatable bonds is 8. The van der Waals surface area contributed by atoms with E-state index in [0.29, 0.717) is 28.9 Å². The second-order valence-corrected chi connectivity index (χ2v) is 6.84. The van der Waals surface area contributed by atoms with Gasteiger partial charge in [-0.15, -0.1) is 0 Å². The van der Waals surface area contributed by atoms with Gasteiger partial charge in [0.1, 0.15) is 5.82 Å². The van der Waals surface area contributed by atoms with Crippen LogP contribution < -0.4 is 10.6 Å². The number of nitro benzene ring substituents is 1. The summed E-state index contributed by atoms with van der Waals surface area (Å²) in [6, 6.07) is 6.94. The average Bonchev–Trinajstić information content (AvgIpc) is 3.41. The quantitative estimate of drug-likeness (QED) is 0.553. The number of aromatic nitrogens is 2. The van der Waals surface area contributed by atoms with Gasteiger partial charge in [0, 0.05) is 36.8 Å². The average molecular weight is 356 g/mol. The molecule has 0 spiro atoms. The van der Waals surface area contributed by atoms with Crippen molar-refractivity contribution in [2.45, 2.75) is 25.7 Å². The van der Waals surface area contributed by atoms with Crippen LogP contribution in [0.1, 0.15) is 30.0 Å². The van der Waals surface area contributed by atoms with Crippen LogP contribution in [0, 0.1) is 17.0 Å². The molecule has 1 aliphatic rings. The SMILES string of the molecule is Cc1c(Nc2cc(C3CC3)nc(NCCN(C)C)n2)cccc1[N+](=O)[O-]. The summed E-state index contributed by atoms with van der Waals surface area (Å²) >= 11 is 0. The topological polar surface area (TPSA) is 96.2 Å². The summed E-state index contributed by atoms with van der Waals surface area (Å²) in [4.78, 5) is 22.0. The fraction of sp³-hybridized carbons (Fsp3) is 0.444. The summed E-state index contributed by atoms with van der Waals surface area (Å²) in [6.45, 7) is 3.36. The van der Waals surface area contributed by atoms with Crippen molar-refractivity contribution in [2.24, 2.45) is 0 Å². The molecule has 26 heavy (non-hydrogen) atoms. The predicted octanol–water partition coefficient (Wildman–Crippen LogP) is 3.29. The number of anilines is 3. The molecule has 2 aromatic rings. The Kier molecular flexibility index (Phi) is 5.32. The number of nitro groups is 1. The van der Waals surface area contributed by atoms with Crippen molar-refractivity contribution in [1.29, 1.82) is 0 Å². The summed E-state index contributed by atoms with van der Waals surface area (Å²) in [5, 5.41) is 17.6. The lowest BCUT2D eigenvalue weighted by Crippen LogP contribution is -2.21. The highest BCUT2D eigenvalue weighted by Crippen LogP contribution is 2.40. The van der Waals surface area contributed by atoms with Gasteiger partial charge in [-0.3, -0.25) is 10.1 Å². The summed E-state index contributed by atoms with van der Waals surface area (Å²) in [5.74, 6) is 1.72. The molecule has 0 aliphatic heterocycles. The molecule has 1 heterocycles. The van der Waals surface area contributed by atoms with E-state index in [1.807, 2.05) is 26.2 Å². The Morgan fingerprint density at radius 2 is 2.08 bits per heavy atom. The van der Waals surface area contributed by atoms with E-state index in [1.165, 1.54) is 6.07 Å². The molecule has 1 saturated carbocycles. The predicted molar refractivity (Wildman–Crippen MR) is 102 cm³/mol. The molecular formula is C18H24N6O2. The Labute approximate surface area is 152 Å². The van der Waals surface area contributed by atoms with Crippen LogP contribution in [-0.2, 0) is 0 Å². The van der Waals surface area contributed by atoms with Gasteiger partial charge >= 0.3 is 0 Å². The van der Waals surface area contributed by atoms with Crippen LogP contribution in [0.2, 0.25) is 0 Å². The molecule has 1 aliphatic carbocycles. The molecule has 1 aromatic carbocycles. The Morgan fingerprint density at radius 1 is 1.31 bits per heavy atom. The maximum Gasteiger partial charge on any atom is 0.274 e. The molecular weight excluding hydrogens is 332 g/mol. The standard InChI is InChI=1S/C18H24N6O2/c1-12-14(5-4-6-16(12)24(25)26)20-17-11-15(13-7-8-13)21-18(22-17)19-9-10-23(2)3/h4-6,11,13H,7-10H2,1-3H3,(H2,19,20,21,22). The number of hydrogen-bond acceptors (Lipinski definition) is 7. The molecule has 8 heteroatoms. The third-order valence-electron chi connectivity index (χ3n) is 4.35. The van der Waals surface area contributed by atoms with Crippen molar-refractivity contribution >= 4 is 23.1 Å². The third-order valence-corrected chi connectivity index (χ3v) is 4.35. The molecule has 0 radical (unpaired) electrons. The van der Waals surface area contributed by atoms with Gasteiger partial charge in [0.2, 0.25) is 5.95 Å². The molecule has 138 valence electrons. The van der Waals surface area contributed by atoms with Crippen molar-refractivity contribution in [3.8, 4) is 0 Å². The minimum Gasteiger partial charge on any atom is -0.353 e. The van der Waals surface area contributed by atoms with Crippen LogP contribution in [0.5, 0.6) is 0 Å². The molecule has 0 unspecified atom stereocenters. The van der Waals surface area contributed by atoms with Crippen molar-refractivity contribution in [3.63, 3.8) is 0 Å². The lowest BCUT2D eigenvalue weighted by molar-refractivity contribution is -0.385. The first-order chi connectivity index (χ1) is 12.4. The van der Waals surface area contributed by atoms with Crippen LogP contribution in [0.25, 0.3) is 0 Å². The summed E-state index contributed by atoms with van der Waals surface area (Å²) in [6.07, 6.45) is 2.28. The molecule has 3 rings (SSSR count). The summed E-state index contributed by atoms with van der Waals surface area (Å²) in [7, 11) is 4.03. The van der Waals surface area contributed by atoms with E-state index < -0.39 is 0 Å². The van der Waals surface area contributed by atoms with E-state index in [2.05, 4.69) is 25.5 Å². The minimum atomic E-state index is -0.371. The van der Waals surface area contributed by atoms with Crippen molar-refractivity contribution in [1.82, 2.24) is 14.9 Å². The second-order valence-electron chi connectivity index (χ2n) is 6.84. The molecule has 2 N–H and O–H groups in total. The Morgan fingerprint density at radius 3 is 2.73 bits per heavy atom. The molecule has 0 atom stereocenters. The van der Waals surface area contributed by atoms with Crippen molar-refractivity contribution in [3.05, 3.63) is 45.6 Å². The molecule has 0 saturated heterocycles. The summed E-state index contributed by atoms with van der Waals surface area (Å²) in [5.41, 5.74) is 2.37. The van der Waals surface area contributed by atoms with Crippen LogP contribution in [0.4, 0.5) is 23.1 Å². The van der Waals surface area contributed by atoms with Crippen molar-refractivity contribution in [2.75, 3.05) is 37.8 Å².